The molecule has 3 amide bonds. The Hall–Kier alpha value is -3.40. The number of fused-ring (bicyclic) bond motifs is 1. The van der Waals surface area contributed by atoms with E-state index in [2.05, 4.69) is 5.32 Å². The third-order valence-corrected chi connectivity index (χ3v) is 7.61. The second kappa shape index (κ2) is 10.9. The number of rotatable bonds is 10. The van der Waals surface area contributed by atoms with Crippen molar-refractivity contribution in [1.82, 2.24) is 14.5 Å². The average Bonchev–Trinajstić information content (AvgIpc) is 3.02. The number of hydrogen-bond acceptors (Lipinski definition) is 6. The summed E-state index contributed by atoms with van der Waals surface area (Å²) in [7, 11) is -2.37. The molecule has 9 nitrogen and oxygen atoms in total. The minimum atomic E-state index is -3.93. The Morgan fingerprint density at radius 3 is 2.31 bits per heavy atom. The second-order valence-corrected chi connectivity index (χ2v) is 10.5. The number of amides is 3. The van der Waals surface area contributed by atoms with Gasteiger partial charge >= 0.3 is 0 Å². The molecule has 188 valence electrons. The lowest BCUT2D eigenvalue weighted by Gasteiger charge is -2.29. The van der Waals surface area contributed by atoms with Gasteiger partial charge in [-0.25, -0.2) is 12.7 Å². The standard InChI is InChI=1S/C25H31N3O6S/c1-17(2)26-24(30)18(3)27(16-19-11-13-20(34-4)14-12-19)23(29)10-7-15-28-25(31)21-8-5-6-9-22(21)35(28,32)33/h5-6,8-9,11-14,17-18H,7,10,15-16H2,1-4H3,(H,26,30)/t18-/m1/s1. The normalized spacial score (nSPS) is 15.0. The Balaban J connectivity index is 1.71. The van der Waals surface area contributed by atoms with E-state index in [4.69, 9.17) is 4.74 Å². The molecule has 0 bridgehead atoms. The van der Waals surface area contributed by atoms with Gasteiger partial charge < -0.3 is 15.0 Å². The van der Waals surface area contributed by atoms with Crippen LogP contribution in [-0.4, -0.2) is 61.1 Å². The number of hydrogen-bond donors (Lipinski definition) is 1. The predicted molar refractivity (Wildman–Crippen MR) is 130 cm³/mol. The van der Waals surface area contributed by atoms with E-state index in [9.17, 15) is 22.8 Å². The molecular formula is C25H31N3O6S. The molecule has 0 saturated carbocycles. The van der Waals surface area contributed by atoms with Crippen molar-refractivity contribution in [2.75, 3.05) is 13.7 Å². The molecule has 1 heterocycles. The maximum absolute atomic E-state index is 13.2. The van der Waals surface area contributed by atoms with Gasteiger partial charge in [-0.1, -0.05) is 24.3 Å². The van der Waals surface area contributed by atoms with E-state index in [0.717, 1.165) is 9.87 Å². The highest BCUT2D eigenvalue weighted by molar-refractivity contribution is 7.90. The predicted octanol–water partition coefficient (Wildman–Crippen LogP) is 2.56. The smallest absolute Gasteiger partial charge is 0.269 e. The van der Waals surface area contributed by atoms with Gasteiger partial charge in [-0.15, -0.1) is 0 Å². The first-order chi connectivity index (χ1) is 16.6. The fourth-order valence-corrected chi connectivity index (χ4v) is 5.49. The molecule has 2 aromatic carbocycles. The first kappa shape index (κ1) is 26.2. The topological polar surface area (TPSA) is 113 Å². The van der Waals surface area contributed by atoms with E-state index >= 15 is 0 Å². The van der Waals surface area contributed by atoms with Gasteiger partial charge in [0, 0.05) is 25.6 Å². The van der Waals surface area contributed by atoms with Gasteiger partial charge in [0.25, 0.3) is 15.9 Å². The molecule has 35 heavy (non-hydrogen) atoms. The molecule has 1 atom stereocenters. The highest BCUT2D eigenvalue weighted by Crippen LogP contribution is 2.30. The van der Waals surface area contributed by atoms with Crippen molar-refractivity contribution in [2.24, 2.45) is 0 Å². The molecule has 0 saturated heterocycles. The largest absolute Gasteiger partial charge is 0.497 e. The minimum Gasteiger partial charge on any atom is -0.497 e. The minimum absolute atomic E-state index is 0.0172. The number of ether oxygens (including phenoxy) is 1. The van der Waals surface area contributed by atoms with Gasteiger partial charge in [0.05, 0.1) is 12.7 Å². The fraction of sp³-hybridized carbons (Fsp3) is 0.400. The Kier molecular flexibility index (Phi) is 8.16. The summed E-state index contributed by atoms with van der Waals surface area (Å²) in [5.74, 6) is -0.508. The van der Waals surface area contributed by atoms with E-state index in [1.165, 1.54) is 17.0 Å². The summed E-state index contributed by atoms with van der Waals surface area (Å²) in [6.45, 7) is 5.41. The molecule has 1 aliphatic rings. The molecule has 0 unspecified atom stereocenters. The van der Waals surface area contributed by atoms with Crippen LogP contribution in [0.15, 0.2) is 53.4 Å². The van der Waals surface area contributed by atoms with Crippen molar-refractivity contribution >= 4 is 27.7 Å². The SMILES string of the molecule is COc1ccc(CN(C(=O)CCCN2C(=O)c3ccccc3S2(=O)=O)[C@H](C)C(=O)NC(C)C)cc1. The van der Waals surface area contributed by atoms with Crippen LogP contribution in [0, 0.1) is 0 Å². The molecule has 0 spiro atoms. The average molecular weight is 502 g/mol. The zero-order valence-corrected chi connectivity index (χ0v) is 21.2. The molecular weight excluding hydrogens is 470 g/mol. The number of sulfonamides is 1. The highest BCUT2D eigenvalue weighted by atomic mass is 32.2. The third kappa shape index (κ3) is 5.82. The molecule has 10 heteroatoms. The number of carbonyl (C=O) groups excluding carboxylic acids is 3. The number of methoxy groups -OCH3 is 1. The monoisotopic (exact) mass is 501 g/mol. The Morgan fingerprint density at radius 2 is 1.71 bits per heavy atom. The number of nitrogens with zero attached hydrogens (tertiary/aromatic N) is 2. The lowest BCUT2D eigenvalue weighted by molar-refractivity contribution is -0.140. The van der Waals surface area contributed by atoms with Crippen LogP contribution in [0.25, 0.3) is 0 Å². The Bertz CT molecular complexity index is 1190. The second-order valence-electron chi connectivity index (χ2n) is 8.69. The van der Waals surface area contributed by atoms with Gasteiger partial charge in [0.2, 0.25) is 11.8 Å². The molecule has 1 N–H and O–H groups in total. The van der Waals surface area contributed by atoms with Gasteiger partial charge in [0.15, 0.2) is 0 Å². The van der Waals surface area contributed by atoms with Crippen LogP contribution >= 0.6 is 0 Å². The molecule has 0 radical (unpaired) electrons. The molecule has 0 aromatic heterocycles. The summed E-state index contributed by atoms with van der Waals surface area (Å²) < 4.78 is 31.5. The molecule has 0 fully saturated rings. The van der Waals surface area contributed by atoms with Crippen LogP contribution in [0.5, 0.6) is 5.75 Å². The quantitative estimate of drug-likeness (QED) is 0.535. The van der Waals surface area contributed by atoms with E-state index in [0.29, 0.717) is 5.75 Å². The molecule has 2 aromatic rings. The molecule has 0 aliphatic carbocycles. The summed E-state index contributed by atoms with van der Waals surface area (Å²) in [5, 5.41) is 2.82. The zero-order chi connectivity index (χ0) is 25.8. The van der Waals surface area contributed by atoms with Crippen molar-refractivity contribution in [3.63, 3.8) is 0 Å². The number of nitrogens with one attached hydrogen (secondary N) is 1. The van der Waals surface area contributed by atoms with Crippen molar-refractivity contribution in [3.8, 4) is 5.75 Å². The first-order valence-electron chi connectivity index (χ1n) is 11.4. The molecule has 1 aliphatic heterocycles. The van der Waals surface area contributed by atoms with Crippen molar-refractivity contribution < 1.29 is 27.5 Å². The Morgan fingerprint density at radius 1 is 1.06 bits per heavy atom. The first-order valence-corrected chi connectivity index (χ1v) is 12.9. The van der Waals surface area contributed by atoms with Gasteiger partial charge in [-0.05, 0) is 57.0 Å². The summed E-state index contributed by atoms with van der Waals surface area (Å²) in [5.41, 5.74) is 0.954. The van der Waals surface area contributed by atoms with Crippen LogP contribution in [0.4, 0.5) is 0 Å². The van der Waals surface area contributed by atoms with Crippen molar-refractivity contribution in [3.05, 3.63) is 59.7 Å². The van der Waals surface area contributed by atoms with Crippen LogP contribution in [-0.2, 0) is 26.2 Å². The van der Waals surface area contributed by atoms with Crippen LogP contribution in [0.1, 0.15) is 49.5 Å². The van der Waals surface area contributed by atoms with Gasteiger partial charge in [-0.2, -0.15) is 0 Å². The highest BCUT2D eigenvalue weighted by Gasteiger charge is 2.40. The lowest BCUT2D eigenvalue weighted by atomic mass is 10.1. The lowest BCUT2D eigenvalue weighted by Crippen LogP contribution is -2.49. The third-order valence-electron chi connectivity index (χ3n) is 5.77. The number of benzene rings is 2. The van der Waals surface area contributed by atoms with Gasteiger partial charge in [0.1, 0.15) is 16.7 Å². The fourth-order valence-electron chi connectivity index (χ4n) is 3.89. The van der Waals surface area contributed by atoms with E-state index < -0.39 is 22.0 Å². The number of carbonyl (C=O) groups is 3. The van der Waals surface area contributed by atoms with E-state index in [1.54, 1.807) is 38.3 Å². The van der Waals surface area contributed by atoms with Crippen LogP contribution < -0.4 is 10.1 Å². The maximum atomic E-state index is 13.2. The Labute approximate surface area is 206 Å². The zero-order valence-electron chi connectivity index (χ0n) is 20.4. The van der Waals surface area contributed by atoms with Crippen LogP contribution in [0.2, 0.25) is 0 Å². The summed E-state index contributed by atoms with van der Waals surface area (Å²) in [6, 6.07) is 12.4. The maximum Gasteiger partial charge on any atom is 0.269 e. The van der Waals surface area contributed by atoms with Crippen LogP contribution in [0.3, 0.4) is 0 Å². The van der Waals surface area contributed by atoms with Crippen molar-refractivity contribution in [1.29, 1.82) is 0 Å². The van der Waals surface area contributed by atoms with Crippen molar-refractivity contribution in [2.45, 2.75) is 57.1 Å². The van der Waals surface area contributed by atoms with E-state index in [1.807, 2.05) is 26.0 Å². The van der Waals surface area contributed by atoms with E-state index in [-0.39, 0.29) is 54.2 Å². The summed E-state index contributed by atoms with van der Waals surface area (Å²) in [4.78, 5) is 39.9. The summed E-state index contributed by atoms with van der Waals surface area (Å²) >= 11 is 0. The molecule has 3 rings (SSSR count). The summed E-state index contributed by atoms with van der Waals surface area (Å²) in [6.07, 6.45) is 0.112. The van der Waals surface area contributed by atoms with Gasteiger partial charge in [-0.3, -0.25) is 14.4 Å².